The Morgan fingerprint density at radius 1 is 1.22 bits per heavy atom. The molecule has 1 amide bonds. The van der Waals surface area contributed by atoms with Gasteiger partial charge in [0.2, 0.25) is 5.91 Å². The molecule has 5 rings (SSSR count). The van der Waals surface area contributed by atoms with Crippen molar-refractivity contribution in [1.82, 2.24) is 14.5 Å². The number of ether oxygens (including phenoxy) is 1. The van der Waals surface area contributed by atoms with Crippen molar-refractivity contribution in [2.75, 3.05) is 31.1 Å². The Labute approximate surface area is 206 Å². The van der Waals surface area contributed by atoms with Crippen molar-refractivity contribution in [3.05, 3.63) is 58.6 Å². The van der Waals surface area contributed by atoms with Crippen LogP contribution in [0.2, 0.25) is 0 Å². The van der Waals surface area contributed by atoms with Gasteiger partial charge in [-0.2, -0.15) is 0 Å². The predicted molar refractivity (Wildman–Crippen MR) is 130 cm³/mol. The van der Waals surface area contributed by atoms with Crippen molar-refractivity contribution in [1.29, 1.82) is 0 Å². The van der Waals surface area contributed by atoms with Crippen LogP contribution in [0.15, 0.2) is 35.3 Å². The molecular formula is C26H28F3N5O2. The molecule has 0 radical (unpaired) electrons. The van der Waals surface area contributed by atoms with E-state index in [0.29, 0.717) is 37.6 Å². The number of amides is 1. The Morgan fingerprint density at radius 2 is 1.97 bits per heavy atom. The maximum Gasteiger partial charge on any atom is 0.266 e. The van der Waals surface area contributed by atoms with Crippen LogP contribution in [0.4, 0.5) is 18.9 Å². The van der Waals surface area contributed by atoms with Gasteiger partial charge in [0.1, 0.15) is 24.0 Å². The molecule has 3 aromatic rings. The fourth-order valence-corrected chi connectivity index (χ4v) is 5.02. The number of hydrogen-bond donors (Lipinski definition) is 0. The maximum atomic E-state index is 14.8. The molecule has 190 valence electrons. The van der Waals surface area contributed by atoms with E-state index in [1.807, 2.05) is 35.6 Å². The summed E-state index contributed by atoms with van der Waals surface area (Å²) in [6.07, 6.45) is -2.91. The number of carbonyl (C=O) groups excluding carboxylic acids is 1. The number of benzene rings is 2. The zero-order valence-electron chi connectivity index (χ0n) is 20.6. The summed E-state index contributed by atoms with van der Waals surface area (Å²) in [5, 5.41) is 0.748. The molecule has 10 heteroatoms. The van der Waals surface area contributed by atoms with Crippen molar-refractivity contribution < 1.29 is 22.7 Å². The molecule has 1 aromatic heterocycles. The van der Waals surface area contributed by atoms with E-state index in [9.17, 15) is 18.0 Å². The third kappa shape index (κ3) is 4.08. The largest absolute Gasteiger partial charge is 0.489 e. The van der Waals surface area contributed by atoms with Crippen LogP contribution in [0.1, 0.15) is 43.3 Å². The smallest absolute Gasteiger partial charge is 0.266 e. The number of carbonyl (C=O) groups is 1. The van der Waals surface area contributed by atoms with Gasteiger partial charge < -0.3 is 19.1 Å². The zero-order valence-corrected chi connectivity index (χ0v) is 20.6. The number of fused-ring (bicyclic) bond motifs is 4. The number of nitrogens with zero attached hydrogens (tertiary/aromatic N) is 5. The van der Waals surface area contributed by atoms with Gasteiger partial charge in [-0.05, 0) is 19.9 Å². The van der Waals surface area contributed by atoms with Gasteiger partial charge in [0.15, 0.2) is 5.49 Å². The Balaban J connectivity index is 1.63. The van der Waals surface area contributed by atoms with Crippen LogP contribution in [0.5, 0.6) is 5.75 Å². The van der Waals surface area contributed by atoms with E-state index in [-0.39, 0.29) is 17.5 Å². The third-order valence-corrected chi connectivity index (χ3v) is 7.16. The number of hydrogen-bond acceptors (Lipinski definition) is 5. The Bertz CT molecular complexity index is 1420. The predicted octanol–water partition coefficient (Wildman–Crippen LogP) is 4.05. The highest BCUT2D eigenvalue weighted by atomic mass is 19.3. The van der Waals surface area contributed by atoms with Gasteiger partial charge in [-0.25, -0.2) is 18.2 Å². The number of aromatic nitrogens is 2. The highest BCUT2D eigenvalue weighted by molar-refractivity contribution is 5.86. The van der Waals surface area contributed by atoms with E-state index < -0.39 is 23.8 Å². The lowest BCUT2D eigenvalue weighted by Gasteiger charge is -2.45. The molecule has 3 heterocycles. The molecule has 0 N–H and O–H groups in total. The van der Waals surface area contributed by atoms with Crippen molar-refractivity contribution in [2.45, 2.75) is 39.3 Å². The molecule has 0 bridgehead atoms. The fourth-order valence-electron chi connectivity index (χ4n) is 5.02. The number of piperazine rings is 1. The van der Waals surface area contributed by atoms with Crippen molar-refractivity contribution in [3.63, 3.8) is 0 Å². The SMILES string of the molecule is CC(=O)N1CCN2c3cc4c(=N[C@H](C)c5cccc(C(F)F)c5F)nc(C)n(C)c4cc3OC[C@@H]2C1. The second-order valence-electron chi connectivity index (χ2n) is 9.36. The molecule has 7 nitrogen and oxygen atoms in total. The molecule has 0 unspecified atom stereocenters. The lowest BCUT2D eigenvalue weighted by Crippen LogP contribution is -2.58. The molecule has 0 saturated carbocycles. The van der Waals surface area contributed by atoms with Gasteiger partial charge in [-0.1, -0.05) is 18.2 Å². The average molecular weight is 500 g/mol. The van der Waals surface area contributed by atoms with Crippen molar-refractivity contribution >= 4 is 22.5 Å². The minimum atomic E-state index is -2.91. The van der Waals surface area contributed by atoms with Crippen molar-refractivity contribution in [3.8, 4) is 5.75 Å². The average Bonchev–Trinajstić information content (AvgIpc) is 2.85. The van der Waals surface area contributed by atoms with Gasteiger partial charge in [0, 0.05) is 50.6 Å². The lowest BCUT2D eigenvalue weighted by molar-refractivity contribution is -0.129. The summed E-state index contributed by atoms with van der Waals surface area (Å²) in [6, 6.07) is 7.21. The van der Waals surface area contributed by atoms with Crippen LogP contribution >= 0.6 is 0 Å². The van der Waals surface area contributed by atoms with Gasteiger partial charge >= 0.3 is 0 Å². The summed E-state index contributed by atoms with van der Waals surface area (Å²) in [5.74, 6) is 0.539. The van der Waals surface area contributed by atoms with Crippen LogP contribution in [0.3, 0.4) is 0 Å². The van der Waals surface area contributed by atoms with Gasteiger partial charge in [0.05, 0.1) is 28.9 Å². The lowest BCUT2D eigenvalue weighted by atomic mass is 10.0. The molecule has 0 aliphatic carbocycles. The van der Waals surface area contributed by atoms with Crippen molar-refractivity contribution in [2.24, 2.45) is 12.0 Å². The first-order valence-corrected chi connectivity index (χ1v) is 11.9. The quantitative estimate of drug-likeness (QED) is 0.546. The minimum Gasteiger partial charge on any atom is -0.489 e. The molecule has 0 spiro atoms. The summed E-state index contributed by atoms with van der Waals surface area (Å²) in [6.45, 7) is 7.44. The van der Waals surface area contributed by atoms with Gasteiger partial charge in [-0.3, -0.25) is 9.79 Å². The summed E-state index contributed by atoms with van der Waals surface area (Å²) in [7, 11) is 1.90. The standard InChI is InChI=1S/C26H28F3N5O2/c1-14(18-6-5-7-19(24(18)27)25(28)29)30-26-20-10-22-23(11-21(20)32(4)15(2)31-26)36-13-17-12-33(16(3)35)8-9-34(17)22/h5-7,10-11,14,17,25H,8-9,12-13H2,1-4H3/t14-,17+/m1/s1. The fraction of sp³-hybridized carbons (Fsp3) is 0.423. The van der Waals surface area contributed by atoms with Crippen LogP contribution < -0.4 is 15.1 Å². The summed E-state index contributed by atoms with van der Waals surface area (Å²) in [5.41, 5.74) is 1.60. The molecule has 1 saturated heterocycles. The normalized spacial score (nSPS) is 18.8. The summed E-state index contributed by atoms with van der Waals surface area (Å²) in [4.78, 5) is 25.3. The topological polar surface area (TPSA) is 63.0 Å². The van der Waals surface area contributed by atoms with Gasteiger partial charge in [0.25, 0.3) is 6.43 Å². The number of aryl methyl sites for hydroxylation is 2. The van der Waals surface area contributed by atoms with Crippen LogP contribution in [-0.2, 0) is 11.8 Å². The molecule has 2 aromatic carbocycles. The van der Waals surface area contributed by atoms with Crippen LogP contribution in [0, 0.1) is 12.7 Å². The minimum absolute atomic E-state index is 0.0326. The number of halogens is 3. The summed E-state index contributed by atoms with van der Waals surface area (Å²) >= 11 is 0. The molecular weight excluding hydrogens is 471 g/mol. The van der Waals surface area contributed by atoms with Gasteiger partial charge in [-0.15, -0.1) is 0 Å². The summed E-state index contributed by atoms with van der Waals surface area (Å²) < 4.78 is 49.3. The third-order valence-electron chi connectivity index (χ3n) is 7.16. The number of anilines is 1. The molecule has 2 aliphatic heterocycles. The Morgan fingerprint density at radius 3 is 2.69 bits per heavy atom. The highest BCUT2D eigenvalue weighted by Crippen LogP contribution is 2.38. The molecule has 36 heavy (non-hydrogen) atoms. The molecule has 2 aliphatic rings. The monoisotopic (exact) mass is 499 g/mol. The first-order chi connectivity index (χ1) is 17.2. The first kappa shape index (κ1) is 24.1. The van der Waals surface area contributed by atoms with E-state index in [1.54, 1.807) is 13.8 Å². The van der Waals surface area contributed by atoms with E-state index in [2.05, 4.69) is 14.9 Å². The zero-order chi connectivity index (χ0) is 25.7. The van der Waals surface area contributed by atoms with E-state index in [1.165, 1.54) is 12.1 Å². The number of alkyl halides is 2. The second-order valence-corrected chi connectivity index (χ2v) is 9.36. The Kier molecular flexibility index (Phi) is 6.13. The second kappa shape index (κ2) is 9.15. The Hall–Kier alpha value is -3.56. The molecule has 1 fully saturated rings. The van der Waals surface area contributed by atoms with Crippen LogP contribution in [-0.4, -0.2) is 52.6 Å². The highest BCUT2D eigenvalue weighted by Gasteiger charge is 2.34. The first-order valence-electron chi connectivity index (χ1n) is 11.9. The van der Waals surface area contributed by atoms with E-state index in [4.69, 9.17) is 4.74 Å². The van der Waals surface area contributed by atoms with E-state index in [0.717, 1.165) is 28.4 Å². The maximum absolute atomic E-state index is 14.8. The molecule has 2 atom stereocenters. The van der Waals surface area contributed by atoms with Crippen LogP contribution in [0.25, 0.3) is 10.9 Å². The number of rotatable bonds is 3. The van der Waals surface area contributed by atoms with E-state index >= 15 is 0 Å².